The molecule has 0 saturated heterocycles. The molecule has 0 aliphatic rings. The van der Waals surface area contributed by atoms with Gasteiger partial charge in [0.1, 0.15) is 0 Å². The minimum Gasteiger partial charge on any atom is 0 e. The maximum atomic E-state index is 0. The predicted molar refractivity (Wildman–Crippen MR) is 9.94 cm³/mol. The molecule has 0 aromatic carbocycles. The van der Waals surface area contributed by atoms with E-state index in [9.17, 15) is 0 Å². The zero-order chi connectivity index (χ0) is 0. The molecule has 2 radical (unpaired) electrons. The Kier molecular flexibility index (Phi) is 96.9. The van der Waals surface area contributed by atoms with Crippen molar-refractivity contribution in [1.29, 1.82) is 0 Å². The van der Waals surface area contributed by atoms with Gasteiger partial charge in [-0.25, -0.2) is 0 Å². The molecular formula is H3AlGdLuSc. The average molecular weight is 407 g/mol. The second-order valence-corrected chi connectivity index (χ2v) is 0. The van der Waals surface area contributed by atoms with E-state index in [-0.39, 0.29) is 120 Å². The topological polar surface area (TPSA) is 0 Å². The molecule has 0 heterocycles. The van der Waals surface area contributed by atoms with Crippen LogP contribution >= 0.6 is 0 Å². The number of hydrogen-bond donors (Lipinski definition) is 0. The van der Waals surface area contributed by atoms with Crippen molar-refractivity contribution in [2.45, 2.75) is 0 Å². The van der Waals surface area contributed by atoms with Crippen LogP contribution in [0.1, 0.15) is 0 Å². The van der Waals surface area contributed by atoms with Crippen molar-refractivity contribution in [1.82, 2.24) is 0 Å². The number of hydrogen-bond acceptors (Lipinski definition) is 0. The van der Waals surface area contributed by atoms with Crippen molar-refractivity contribution < 1.29 is 103 Å². The van der Waals surface area contributed by atoms with Crippen LogP contribution in [0.25, 0.3) is 0 Å². The van der Waals surface area contributed by atoms with Crippen LogP contribution in [0.15, 0.2) is 0 Å². The van der Waals surface area contributed by atoms with Crippen molar-refractivity contribution in [3.05, 3.63) is 0 Å². The van der Waals surface area contributed by atoms with E-state index in [4.69, 9.17) is 0 Å². The molecule has 0 amide bonds. The first kappa shape index (κ1) is 24.6. The Bertz CT molecular complexity index is 8.00. The SMILES string of the molecule is [AlH3].[Gd].[Lu].[Sc]. The second kappa shape index (κ2) is 15.8. The van der Waals surface area contributed by atoms with Gasteiger partial charge in [0.05, 0.1) is 0 Å². The van der Waals surface area contributed by atoms with Crippen molar-refractivity contribution >= 4 is 17.4 Å². The molecule has 0 rings (SSSR count). The molecule has 32 valence electrons. The molecule has 4 heteroatoms. The van der Waals surface area contributed by atoms with Crippen molar-refractivity contribution in [3.63, 3.8) is 0 Å². The first-order valence-electron chi connectivity index (χ1n) is 0. The van der Waals surface area contributed by atoms with Gasteiger partial charge in [0, 0.05) is 103 Å². The van der Waals surface area contributed by atoms with Gasteiger partial charge in [0.15, 0.2) is 17.4 Å². The van der Waals surface area contributed by atoms with Gasteiger partial charge in [0.25, 0.3) is 0 Å². The van der Waals surface area contributed by atoms with Crippen LogP contribution in [0.4, 0.5) is 0 Å². The van der Waals surface area contributed by atoms with Gasteiger partial charge in [-0.3, -0.25) is 0 Å². The largest absolute Gasteiger partial charge is 0.187 e. The fraction of sp³-hybridized carbons (Fsp3) is 0. The Labute approximate surface area is 117 Å². The normalized spacial score (nSPS) is 0. The van der Waals surface area contributed by atoms with Crippen LogP contribution in [0.5, 0.6) is 0 Å². The van der Waals surface area contributed by atoms with Crippen LogP contribution in [-0.2, 0) is 25.8 Å². The fourth-order valence-electron chi connectivity index (χ4n) is 0. The standard InChI is InChI=1S/Al.Gd.Lu.Sc.3H. The van der Waals surface area contributed by atoms with Crippen molar-refractivity contribution in [2.24, 2.45) is 0 Å². The Hall–Kier alpha value is 3.96. The van der Waals surface area contributed by atoms with Crippen molar-refractivity contribution in [2.75, 3.05) is 0 Å². The smallest absolute Gasteiger partial charge is 0 e. The summed E-state index contributed by atoms with van der Waals surface area (Å²) in [5, 5.41) is 0. The fourth-order valence-corrected chi connectivity index (χ4v) is 0. The van der Waals surface area contributed by atoms with Crippen LogP contribution in [0.3, 0.4) is 0 Å². The van der Waals surface area contributed by atoms with E-state index in [1.807, 2.05) is 0 Å². The first-order chi connectivity index (χ1) is 0. The molecule has 0 atom stereocenters. The molecule has 0 nitrogen and oxygen atoms in total. The molecule has 0 aromatic heterocycles. The third kappa shape index (κ3) is 9.35. The number of rotatable bonds is 0. The summed E-state index contributed by atoms with van der Waals surface area (Å²) in [6.07, 6.45) is 0. The molecule has 0 unspecified atom stereocenters. The minimum absolute atomic E-state index is 0. The van der Waals surface area contributed by atoms with E-state index in [2.05, 4.69) is 0 Å². The maximum absolute atomic E-state index is 0. The van der Waals surface area contributed by atoms with E-state index in [0.29, 0.717) is 0 Å². The predicted octanol–water partition coefficient (Wildman–Crippen LogP) is -1.19. The summed E-state index contributed by atoms with van der Waals surface area (Å²) >= 11 is 0. The van der Waals surface area contributed by atoms with Crippen LogP contribution in [0.2, 0.25) is 0 Å². The molecule has 0 N–H and O–H groups in total. The Morgan fingerprint density at radius 1 is 1.00 bits per heavy atom. The van der Waals surface area contributed by atoms with Crippen LogP contribution in [-0.4, -0.2) is 17.4 Å². The molecular weight excluding hydrogens is 404 g/mol. The summed E-state index contributed by atoms with van der Waals surface area (Å²) in [5.41, 5.74) is 0. The summed E-state index contributed by atoms with van der Waals surface area (Å²) in [6, 6.07) is 0. The van der Waals surface area contributed by atoms with E-state index in [0.717, 1.165) is 0 Å². The van der Waals surface area contributed by atoms with E-state index < -0.39 is 0 Å². The van der Waals surface area contributed by atoms with Gasteiger partial charge < -0.3 is 0 Å². The third-order valence-corrected chi connectivity index (χ3v) is 0. The minimum atomic E-state index is 0. The van der Waals surface area contributed by atoms with Crippen molar-refractivity contribution in [3.8, 4) is 0 Å². The summed E-state index contributed by atoms with van der Waals surface area (Å²) < 4.78 is 0. The zero-order valence-corrected chi connectivity index (χ0v) is 6.92. The van der Waals surface area contributed by atoms with Gasteiger partial charge in [0.2, 0.25) is 0 Å². The first-order valence-corrected chi connectivity index (χ1v) is 0. The molecule has 0 aliphatic carbocycles. The maximum Gasteiger partial charge on any atom is 0.187 e. The summed E-state index contributed by atoms with van der Waals surface area (Å²) in [5.74, 6) is 0. The molecule has 0 fully saturated rings. The molecule has 0 saturated carbocycles. The van der Waals surface area contributed by atoms with Gasteiger partial charge in [-0.2, -0.15) is 0 Å². The van der Waals surface area contributed by atoms with Crippen LogP contribution in [0, 0.1) is 76.8 Å². The zero-order valence-electron chi connectivity index (χ0n) is 1.19. The van der Waals surface area contributed by atoms with Gasteiger partial charge in [-0.1, -0.05) is 0 Å². The molecule has 0 aliphatic heterocycles. The Balaban J connectivity index is 0. The molecule has 0 spiro atoms. The second-order valence-electron chi connectivity index (χ2n) is 0. The van der Waals surface area contributed by atoms with E-state index in [1.54, 1.807) is 0 Å². The summed E-state index contributed by atoms with van der Waals surface area (Å²) in [7, 11) is 0. The average Bonchev–Trinajstić information content (AvgIpc) is 0. The Morgan fingerprint density at radius 2 is 1.00 bits per heavy atom. The molecule has 4 heavy (non-hydrogen) atoms. The third-order valence-electron chi connectivity index (χ3n) is 0. The van der Waals surface area contributed by atoms with E-state index >= 15 is 0 Å². The van der Waals surface area contributed by atoms with Gasteiger partial charge in [-0.15, -0.1) is 0 Å². The summed E-state index contributed by atoms with van der Waals surface area (Å²) in [6.45, 7) is 0. The van der Waals surface area contributed by atoms with Gasteiger partial charge in [-0.05, 0) is 0 Å². The molecule has 0 bridgehead atoms. The molecule has 0 aromatic rings. The monoisotopic (exact) mass is 408 g/mol. The quantitative estimate of drug-likeness (QED) is 0.444. The van der Waals surface area contributed by atoms with Crippen LogP contribution < -0.4 is 0 Å². The van der Waals surface area contributed by atoms with Gasteiger partial charge >= 0.3 is 0 Å². The van der Waals surface area contributed by atoms with E-state index in [1.165, 1.54) is 0 Å². The Morgan fingerprint density at radius 3 is 1.00 bits per heavy atom. The summed E-state index contributed by atoms with van der Waals surface area (Å²) in [4.78, 5) is 0.